The van der Waals surface area contributed by atoms with Crippen molar-refractivity contribution in [1.82, 2.24) is 19.9 Å². The highest BCUT2D eigenvalue weighted by atomic mass is 16.6. The number of nitrogens with zero attached hydrogens (tertiary/aromatic N) is 4. The van der Waals surface area contributed by atoms with E-state index in [-0.39, 0.29) is 5.91 Å². The van der Waals surface area contributed by atoms with Crippen LogP contribution in [0.3, 0.4) is 0 Å². The van der Waals surface area contributed by atoms with Crippen LogP contribution in [0.5, 0.6) is 0 Å². The summed E-state index contributed by atoms with van der Waals surface area (Å²) < 4.78 is 1.82. The third kappa shape index (κ3) is 3.46. The highest BCUT2D eigenvalue weighted by molar-refractivity contribution is 6.04. The van der Waals surface area contributed by atoms with Gasteiger partial charge in [-0.25, -0.2) is 9.97 Å². The van der Waals surface area contributed by atoms with Crippen LogP contribution < -0.4 is 5.32 Å². The van der Waals surface area contributed by atoms with Crippen molar-refractivity contribution in [3.8, 4) is 5.82 Å². The van der Waals surface area contributed by atoms with Crippen LogP contribution in [0.15, 0.2) is 72.5 Å². The second-order valence-electron chi connectivity index (χ2n) is 5.91. The predicted molar refractivity (Wildman–Crippen MR) is 95.7 cm³/mol. The van der Waals surface area contributed by atoms with E-state index in [1.165, 1.54) is 0 Å². The Balaban J connectivity index is 1.31. The van der Waals surface area contributed by atoms with Crippen LogP contribution >= 0.6 is 0 Å². The monoisotopic (exact) mass is 347 g/mol. The van der Waals surface area contributed by atoms with Crippen molar-refractivity contribution < 1.29 is 9.63 Å². The summed E-state index contributed by atoms with van der Waals surface area (Å²) in [5.74, 6) is 0.593. The van der Waals surface area contributed by atoms with E-state index in [1.807, 2.05) is 53.2 Å². The summed E-state index contributed by atoms with van der Waals surface area (Å²) in [5, 5.41) is 6.91. The Morgan fingerprint density at radius 2 is 2.12 bits per heavy atom. The van der Waals surface area contributed by atoms with Crippen molar-refractivity contribution in [2.75, 3.05) is 0 Å². The summed E-state index contributed by atoms with van der Waals surface area (Å²) in [6, 6.07) is 13.5. The molecule has 1 atom stereocenters. The Labute approximate surface area is 150 Å². The van der Waals surface area contributed by atoms with Crippen LogP contribution in [0.25, 0.3) is 5.82 Å². The number of benzene rings is 1. The lowest BCUT2D eigenvalue weighted by Crippen LogP contribution is -2.34. The molecule has 3 heterocycles. The molecule has 0 radical (unpaired) electrons. The smallest absolute Gasteiger partial charge is 0.264 e. The average molecular weight is 347 g/mol. The first-order chi connectivity index (χ1) is 12.8. The lowest BCUT2D eigenvalue weighted by Gasteiger charge is -2.10. The fourth-order valence-electron chi connectivity index (χ4n) is 2.69. The van der Waals surface area contributed by atoms with Crippen molar-refractivity contribution in [2.45, 2.75) is 19.1 Å². The van der Waals surface area contributed by atoms with Crippen LogP contribution in [0.1, 0.15) is 17.5 Å². The normalized spacial score (nSPS) is 16.0. The van der Waals surface area contributed by atoms with Gasteiger partial charge in [-0.05, 0) is 17.2 Å². The molecule has 26 heavy (non-hydrogen) atoms. The first-order valence-corrected chi connectivity index (χ1v) is 8.29. The molecule has 0 bridgehead atoms. The van der Waals surface area contributed by atoms with E-state index in [1.54, 1.807) is 18.7 Å². The van der Waals surface area contributed by atoms with Crippen LogP contribution in [-0.2, 0) is 16.2 Å². The molecule has 0 fully saturated rings. The number of amides is 1. The number of pyridine rings is 1. The molecular formula is C19H17N5O2. The zero-order chi connectivity index (χ0) is 17.8. The van der Waals surface area contributed by atoms with Gasteiger partial charge in [0.1, 0.15) is 12.1 Å². The van der Waals surface area contributed by atoms with Crippen LogP contribution in [0.2, 0.25) is 0 Å². The third-order valence-corrected chi connectivity index (χ3v) is 4.11. The summed E-state index contributed by atoms with van der Waals surface area (Å²) in [4.78, 5) is 26.0. The molecule has 4 rings (SSSR count). The van der Waals surface area contributed by atoms with E-state index in [2.05, 4.69) is 20.4 Å². The van der Waals surface area contributed by atoms with Gasteiger partial charge in [0.25, 0.3) is 5.91 Å². The molecule has 0 saturated carbocycles. The molecule has 3 aromatic rings. The van der Waals surface area contributed by atoms with Crippen molar-refractivity contribution in [3.05, 3.63) is 78.5 Å². The summed E-state index contributed by atoms with van der Waals surface area (Å²) >= 11 is 0. The van der Waals surface area contributed by atoms with E-state index in [4.69, 9.17) is 4.84 Å². The quantitative estimate of drug-likeness (QED) is 0.766. The molecule has 7 nitrogen and oxygen atoms in total. The topological polar surface area (TPSA) is 81.4 Å². The van der Waals surface area contributed by atoms with E-state index < -0.39 is 6.10 Å². The lowest BCUT2D eigenvalue weighted by atomic mass is 10.0. The molecular weight excluding hydrogens is 330 g/mol. The maximum atomic E-state index is 12.3. The first-order valence-electron chi connectivity index (χ1n) is 8.29. The lowest BCUT2D eigenvalue weighted by molar-refractivity contribution is -0.131. The second kappa shape index (κ2) is 7.18. The molecule has 1 aromatic carbocycles. The number of imidazole rings is 1. The van der Waals surface area contributed by atoms with Gasteiger partial charge >= 0.3 is 0 Å². The van der Waals surface area contributed by atoms with Gasteiger partial charge in [-0.3, -0.25) is 9.36 Å². The molecule has 0 unspecified atom stereocenters. The predicted octanol–water partition coefficient (Wildman–Crippen LogP) is 2.08. The van der Waals surface area contributed by atoms with Gasteiger partial charge in [-0.1, -0.05) is 41.6 Å². The van der Waals surface area contributed by atoms with Crippen molar-refractivity contribution in [2.24, 2.45) is 5.16 Å². The fraction of sp³-hybridized carbons (Fsp3) is 0.158. The van der Waals surface area contributed by atoms with E-state index in [0.29, 0.717) is 13.0 Å². The van der Waals surface area contributed by atoms with Gasteiger partial charge in [0, 0.05) is 31.6 Å². The number of hydrogen-bond acceptors (Lipinski definition) is 5. The molecule has 130 valence electrons. The number of oxime groups is 1. The van der Waals surface area contributed by atoms with Crippen LogP contribution in [0.4, 0.5) is 0 Å². The fourth-order valence-corrected chi connectivity index (χ4v) is 2.69. The number of carbonyl (C=O) groups is 1. The number of carbonyl (C=O) groups excluding carboxylic acids is 1. The van der Waals surface area contributed by atoms with Crippen molar-refractivity contribution in [1.29, 1.82) is 0 Å². The largest absolute Gasteiger partial charge is 0.382 e. The summed E-state index contributed by atoms with van der Waals surface area (Å²) in [6.07, 6.45) is 6.81. The zero-order valence-electron chi connectivity index (χ0n) is 13.9. The minimum atomic E-state index is -0.594. The Bertz CT molecular complexity index is 905. The Hall–Kier alpha value is -3.48. The van der Waals surface area contributed by atoms with Crippen molar-refractivity contribution in [3.63, 3.8) is 0 Å². The second-order valence-corrected chi connectivity index (χ2v) is 5.91. The van der Waals surface area contributed by atoms with Gasteiger partial charge in [0.05, 0.1) is 5.71 Å². The molecule has 1 amide bonds. The van der Waals surface area contributed by atoms with Crippen molar-refractivity contribution >= 4 is 11.6 Å². The number of rotatable bonds is 5. The summed E-state index contributed by atoms with van der Waals surface area (Å²) in [5.41, 5.74) is 2.67. The maximum Gasteiger partial charge on any atom is 0.264 e. The first kappa shape index (κ1) is 16.0. The minimum Gasteiger partial charge on any atom is -0.382 e. The third-order valence-electron chi connectivity index (χ3n) is 4.11. The molecule has 1 N–H and O–H groups in total. The number of hydrogen-bond donors (Lipinski definition) is 1. The van der Waals surface area contributed by atoms with Gasteiger partial charge in [0.15, 0.2) is 0 Å². The molecule has 7 heteroatoms. The van der Waals surface area contributed by atoms with Gasteiger partial charge < -0.3 is 10.2 Å². The summed E-state index contributed by atoms with van der Waals surface area (Å²) in [7, 11) is 0. The Morgan fingerprint density at radius 1 is 1.23 bits per heavy atom. The van der Waals surface area contributed by atoms with Gasteiger partial charge in [-0.2, -0.15) is 0 Å². The highest BCUT2D eigenvalue weighted by Gasteiger charge is 2.28. The van der Waals surface area contributed by atoms with E-state index in [0.717, 1.165) is 22.7 Å². The highest BCUT2D eigenvalue weighted by Crippen LogP contribution is 2.16. The molecule has 1 aliphatic rings. The standard InChI is InChI=1S/C19H17N5O2/c25-19(17-10-16(23-26-17)15-4-2-1-3-5-15)22-12-14-6-7-18(21-11-14)24-9-8-20-13-24/h1-9,11,13,17H,10,12H2,(H,22,25)/t17-/m0/s1. The van der Waals surface area contributed by atoms with E-state index in [9.17, 15) is 4.79 Å². The molecule has 1 aliphatic heterocycles. The van der Waals surface area contributed by atoms with Gasteiger partial charge in [-0.15, -0.1) is 0 Å². The minimum absolute atomic E-state index is 0.182. The van der Waals surface area contributed by atoms with Gasteiger partial charge in [0.2, 0.25) is 6.10 Å². The maximum absolute atomic E-state index is 12.3. The number of aromatic nitrogens is 3. The molecule has 0 saturated heterocycles. The molecule has 0 aliphatic carbocycles. The summed E-state index contributed by atoms with van der Waals surface area (Å²) in [6.45, 7) is 0.385. The Morgan fingerprint density at radius 3 is 2.85 bits per heavy atom. The average Bonchev–Trinajstić information content (AvgIpc) is 3.39. The SMILES string of the molecule is O=C(NCc1ccc(-n2ccnc2)nc1)[C@@H]1CC(c2ccccc2)=NO1. The molecule has 2 aromatic heterocycles. The van der Waals surface area contributed by atoms with Crippen LogP contribution in [-0.4, -0.2) is 32.3 Å². The Kier molecular flexibility index (Phi) is 4.42. The zero-order valence-corrected chi connectivity index (χ0v) is 13.9. The number of nitrogens with one attached hydrogen (secondary N) is 1. The van der Waals surface area contributed by atoms with E-state index >= 15 is 0 Å². The molecule has 0 spiro atoms. The van der Waals surface area contributed by atoms with Crippen LogP contribution in [0, 0.1) is 0 Å².